The van der Waals surface area contributed by atoms with Gasteiger partial charge in [-0.15, -0.1) is 0 Å². The van der Waals surface area contributed by atoms with Crippen molar-refractivity contribution in [3.05, 3.63) is 5.69 Å². The van der Waals surface area contributed by atoms with Crippen molar-refractivity contribution in [3.8, 4) is 0 Å². The maximum atomic E-state index is 6.00. The van der Waals surface area contributed by atoms with Crippen molar-refractivity contribution >= 4 is 11.5 Å². The van der Waals surface area contributed by atoms with E-state index in [1.807, 2.05) is 11.6 Å². The lowest BCUT2D eigenvalue weighted by Crippen LogP contribution is -2.11. The quantitative estimate of drug-likeness (QED) is 0.781. The van der Waals surface area contributed by atoms with Gasteiger partial charge in [-0.25, -0.2) is 4.68 Å². The maximum absolute atomic E-state index is 6.00. The van der Waals surface area contributed by atoms with Crippen molar-refractivity contribution in [2.24, 2.45) is 5.92 Å². The Bertz CT molecular complexity index is 328. The summed E-state index contributed by atoms with van der Waals surface area (Å²) in [4.78, 5) is 0. The molecule has 0 saturated heterocycles. The molecule has 0 saturated carbocycles. The summed E-state index contributed by atoms with van der Waals surface area (Å²) in [7, 11) is 0. The van der Waals surface area contributed by atoms with E-state index in [-0.39, 0.29) is 0 Å². The molecule has 1 heterocycles. The van der Waals surface area contributed by atoms with E-state index in [4.69, 9.17) is 5.73 Å². The molecule has 0 amide bonds. The molecule has 0 aliphatic heterocycles. The summed E-state index contributed by atoms with van der Waals surface area (Å²) in [5.41, 5.74) is 7.71. The molecular formula is C12H24N4. The number of rotatable bonds is 6. The number of nitrogens with two attached hydrogens (primary N) is 1. The van der Waals surface area contributed by atoms with Crippen LogP contribution in [0.4, 0.5) is 11.5 Å². The highest BCUT2D eigenvalue weighted by molar-refractivity contribution is 5.64. The van der Waals surface area contributed by atoms with Gasteiger partial charge in [0.2, 0.25) is 0 Å². The first-order valence-corrected chi connectivity index (χ1v) is 6.13. The molecule has 4 nitrogen and oxygen atoms in total. The molecule has 4 heteroatoms. The van der Waals surface area contributed by atoms with E-state index in [1.54, 1.807) is 0 Å². The summed E-state index contributed by atoms with van der Waals surface area (Å²) < 4.78 is 1.98. The molecular weight excluding hydrogens is 200 g/mol. The first kappa shape index (κ1) is 12.9. The third kappa shape index (κ3) is 3.15. The number of hydrogen-bond donors (Lipinski definition) is 2. The summed E-state index contributed by atoms with van der Waals surface area (Å²) in [6.07, 6.45) is 2.22. The normalized spacial score (nSPS) is 11.1. The molecule has 3 N–H and O–H groups in total. The van der Waals surface area contributed by atoms with Gasteiger partial charge in [0.25, 0.3) is 0 Å². The average molecular weight is 224 g/mol. The summed E-state index contributed by atoms with van der Waals surface area (Å²) in [6, 6.07) is 0. The second-order valence-electron chi connectivity index (χ2n) is 4.68. The zero-order valence-corrected chi connectivity index (χ0v) is 10.9. The standard InChI is InChI=1S/C12H24N4/c1-5-8-16-12(11(13)10(4)15-16)14-7-6-9(2)3/h9,14H,5-8,13H2,1-4H3. The van der Waals surface area contributed by atoms with E-state index in [0.29, 0.717) is 5.92 Å². The van der Waals surface area contributed by atoms with E-state index in [9.17, 15) is 0 Å². The molecule has 16 heavy (non-hydrogen) atoms. The molecule has 0 radical (unpaired) electrons. The van der Waals surface area contributed by atoms with Gasteiger partial charge in [-0.1, -0.05) is 20.8 Å². The van der Waals surface area contributed by atoms with Crippen LogP contribution in [0.2, 0.25) is 0 Å². The third-order valence-electron chi connectivity index (χ3n) is 2.62. The van der Waals surface area contributed by atoms with Crippen molar-refractivity contribution in [3.63, 3.8) is 0 Å². The van der Waals surface area contributed by atoms with Crippen LogP contribution in [0.25, 0.3) is 0 Å². The summed E-state index contributed by atoms with van der Waals surface area (Å²) in [6.45, 7) is 10.4. The average Bonchev–Trinajstić information content (AvgIpc) is 2.46. The minimum atomic E-state index is 0.706. The van der Waals surface area contributed by atoms with Gasteiger partial charge >= 0.3 is 0 Å². The fourth-order valence-electron chi connectivity index (χ4n) is 1.63. The molecule has 0 aliphatic rings. The van der Waals surface area contributed by atoms with Crippen LogP contribution in [0, 0.1) is 12.8 Å². The minimum absolute atomic E-state index is 0.706. The molecule has 92 valence electrons. The molecule has 1 aromatic heterocycles. The van der Waals surface area contributed by atoms with Crippen LogP contribution >= 0.6 is 0 Å². The Morgan fingerprint density at radius 3 is 2.69 bits per heavy atom. The fourth-order valence-corrected chi connectivity index (χ4v) is 1.63. The number of nitrogens with zero attached hydrogens (tertiary/aromatic N) is 2. The largest absolute Gasteiger partial charge is 0.394 e. The topological polar surface area (TPSA) is 55.9 Å². The Morgan fingerprint density at radius 1 is 1.44 bits per heavy atom. The first-order chi connectivity index (χ1) is 7.56. The molecule has 0 atom stereocenters. The Balaban J connectivity index is 2.68. The Kier molecular flexibility index (Phi) is 4.65. The van der Waals surface area contributed by atoms with Gasteiger partial charge in [-0.3, -0.25) is 0 Å². The van der Waals surface area contributed by atoms with Crippen LogP contribution < -0.4 is 11.1 Å². The van der Waals surface area contributed by atoms with Crippen LogP contribution in [0.5, 0.6) is 0 Å². The molecule has 1 aromatic rings. The SMILES string of the molecule is CCCn1nc(C)c(N)c1NCCC(C)C. The molecule has 0 bridgehead atoms. The van der Waals surface area contributed by atoms with Gasteiger partial charge in [-0.05, 0) is 25.7 Å². The second kappa shape index (κ2) is 5.77. The van der Waals surface area contributed by atoms with Crippen molar-refractivity contribution < 1.29 is 0 Å². The highest BCUT2D eigenvalue weighted by Crippen LogP contribution is 2.22. The predicted molar refractivity (Wildman–Crippen MR) is 69.6 cm³/mol. The van der Waals surface area contributed by atoms with Crippen molar-refractivity contribution in [2.45, 2.75) is 47.1 Å². The molecule has 0 fully saturated rings. The molecule has 0 spiro atoms. The van der Waals surface area contributed by atoms with Gasteiger partial charge in [-0.2, -0.15) is 5.10 Å². The van der Waals surface area contributed by atoms with Crippen LogP contribution in [-0.4, -0.2) is 16.3 Å². The van der Waals surface area contributed by atoms with Crippen LogP contribution in [0.1, 0.15) is 39.3 Å². The Labute approximate surface area is 98.2 Å². The van der Waals surface area contributed by atoms with Crippen molar-refractivity contribution in [1.29, 1.82) is 0 Å². The second-order valence-corrected chi connectivity index (χ2v) is 4.68. The van der Waals surface area contributed by atoms with Gasteiger partial charge in [0.1, 0.15) is 5.82 Å². The molecule has 0 aromatic carbocycles. The van der Waals surface area contributed by atoms with E-state index < -0.39 is 0 Å². The maximum Gasteiger partial charge on any atom is 0.148 e. The first-order valence-electron chi connectivity index (χ1n) is 6.13. The van der Waals surface area contributed by atoms with Gasteiger partial charge in [0.05, 0.1) is 11.4 Å². The molecule has 0 unspecified atom stereocenters. The highest BCUT2D eigenvalue weighted by Gasteiger charge is 2.11. The Morgan fingerprint density at radius 2 is 2.12 bits per heavy atom. The van der Waals surface area contributed by atoms with Gasteiger partial charge in [0, 0.05) is 13.1 Å². The zero-order chi connectivity index (χ0) is 12.1. The van der Waals surface area contributed by atoms with E-state index >= 15 is 0 Å². The number of hydrogen-bond acceptors (Lipinski definition) is 3. The van der Waals surface area contributed by atoms with Crippen LogP contribution in [0.15, 0.2) is 0 Å². The van der Waals surface area contributed by atoms with Gasteiger partial charge < -0.3 is 11.1 Å². The lowest BCUT2D eigenvalue weighted by atomic mass is 10.1. The summed E-state index contributed by atoms with van der Waals surface area (Å²) in [5, 5.41) is 7.82. The number of nitrogens with one attached hydrogen (secondary N) is 1. The minimum Gasteiger partial charge on any atom is -0.394 e. The predicted octanol–water partition coefficient (Wildman–Crippen LogP) is 2.64. The van der Waals surface area contributed by atoms with Crippen molar-refractivity contribution in [1.82, 2.24) is 9.78 Å². The lowest BCUT2D eigenvalue weighted by Gasteiger charge is -2.11. The number of aromatic nitrogens is 2. The van der Waals surface area contributed by atoms with Crippen LogP contribution in [0.3, 0.4) is 0 Å². The van der Waals surface area contributed by atoms with Crippen LogP contribution in [-0.2, 0) is 6.54 Å². The van der Waals surface area contributed by atoms with E-state index in [0.717, 1.165) is 43.1 Å². The summed E-state index contributed by atoms with van der Waals surface area (Å²) in [5.74, 6) is 1.69. The zero-order valence-electron chi connectivity index (χ0n) is 10.9. The number of aryl methyl sites for hydroxylation is 2. The number of anilines is 2. The smallest absolute Gasteiger partial charge is 0.148 e. The fraction of sp³-hybridized carbons (Fsp3) is 0.750. The monoisotopic (exact) mass is 224 g/mol. The van der Waals surface area contributed by atoms with Crippen molar-refractivity contribution in [2.75, 3.05) is 17.6 Å². The lowest BCUT2D eigenvalue weighted by molar-refractivity contribution is 0.586. The molecule has 0 aliphatic carbocycles. The highest BCUT2D eigenvalue weighted by atomic mass is 15.3. The van der Waals surface area contributed by atoms with E-state index in [1.165, 1.54) is 0 Å². The number of nitrogen functional groups attached to an aromatic ring is 1. The summed E-state index contributed by atoms with van der Waals surface area (Å²) >= 11 is 0. The van der Waals surface area contributed by atoms with Gasteiger partial charge in [0.15, 0.2) is 0 Å². The third-order valence-corrected chi connectivity index (χ3v) is 2.62. The van der Waals surface area contributed by atoms with E-state index in [2.05, 4.69) is 31.2 Å². The molecule has 1 rings (SSSR count). The Hall–Kier alpha value is -1.19.